The maximum absolute atomic E-state index is 13.0. The standard InChI is InChI=1S/C19H11ClFN3O2/c20-14-8-5-12(19-24-17-16(26-19)2-1-9-22-17)10-15(14)23-18(25)11-3-6-13(21)7-4-11/h1-10H,(H,23,25). The van der Waals surface area contributed by atoms with E-state index in [4.69, 9.17) is 16.0 Å². The van der Waals surface area contributed by atoms with Crippen LogP contribution in [0.3, 0.4) is 0 Å². The van der Waals surface area contributed by atoms with Gasteiger partial charge in [-0.05, 0) is 54.6 Å². The first-order valence-corrected chi connectivity index (χ1v) is 8.06. The number of oxazole rings is 1. The summed E-state index contributed by atoms with van der Waals surface area (Å²) in [6.07, 6.45) is 1.63. The van der Waals surface area contributed by atoms with E-state index in [1.807, 2.05) is 0 Å². The minimum Gasteiger partial charge on any atom is -0.434 e. The van der Waals surface area contributed by atoms with Crippen LogP contribution in [0.4, 0.5) is 10.1 Å². The third-order valence-corrected chi connectivity index (χ3v) is 4.06. The van der Waals surface area contributed by atoms with Gasteiger partial charge in [0.15, 0.2) is 11.2 Å². The fourth-order valence-electron chi connectivity index (χ4n) is 2.44. The average Bonchev–Trinajstić information content (AvgIpc) is 3.08. The van der Waals surface area contributed by atoms with Crippen LogP contribution in [0.15, 0.2) is 65.2 Å². The van der Waals surface area contributed by atoms with Gasteiger partial charge in [-0.25, -0.2) is 9.37 Å². The Morgan fingerprint density at radius 2 is 1.92 bits per heavy atom. The second-order valence-electron chi connectivity index (χ2n) is 5.50. The molecule has 0 aliphatic heterocycles. The van der Waals surface area contributed by atoms with Gasteiger partial charge in [-0.3, -0.25) is 4.79 Å². The van der Waals surface area contributed by atoms with E-state index in [9.17, 15) is 9.18 Å². The Bertz CT molecular complexity index is 1080. The molecular weight excluding hydrogens is 357 g/mol. The van der Waals surface area contributed by atoms with Crippen molar-refractivity contribution in [2.24, 2.45) is 0 Å². The van der Waals surface area contributed by atoms with Crippen molar-refractivity contribution in [3.8, 4) is 11.5 Å². The van der Waals surface area contributed by atoms with E-state index in [1.54, 1.807) is 36.5 Å². The predicted molar refractivity (Wildman–Crippen MR) is 96.6 cm³/mol. The number of hydrogen-bond acceptors (Lipinski definition) is 4. The first kappa shape index (κ1) is 16.2. The maximum Gasteiger partial charge on any atom is 0.255 e. The lowest BCUT2D eigenvalue weighted by atomic mass is 10.1. The lowest BCUT2D eigenvalue weighted by molar-refractivity contribution is 0.102. The summed E-state index contributed by atoms with van der Waals surface area (Å²) in [5, 5.41) is 3.07. The average molecular weight is 368 g/mol. The van der Waals surface area contributed by atoms with Gasteiger partial charge < -0.3 is 9.73 Å². The summed E-state index contributed by atoms with van der Waals surface area (Å²) >= 11 is 6.18. The number of rotatable bonds is 3. The van der Waals surface area contributed by atoms with Crippen LogP contribution in [-0.2, 0) is 0 Å². The Balaban J connectivity index is 1.65. The Labute approximate surface area is 152 Å². The summed E-state index contributed by atoms with van der Waals surface area (Å²) in [6, 6.07) is 13.8. The van der Waals surface area contributed by atoms with E-state index in [0.717, 1.165) is 0 Å². The minimum atomic E-state index is -0.411. The van der Waals surface area contributed by atoms with Gasteiger partial charge in [-0.1, -0.05) is 11.6 Å². The largest absolute Gasteiger partial charge is 0.434 e. The zero-order valence-corrected chi connectivity index (χ0v) is 14.0. The number of carbonyl (C=O) groups is 1. The van der Waals surface area contributed by atoms with Crippen LogP contribution < -0.4 is 5.32 Å². The molecule has 0 fully saturated rings. The van der Waals surface area contributed by atoms with Crippen molar-refractivity contribution in [3.63, 3.8) is 0 Å². The first-order chi connectivity index (χ1) is 12.6. The number of fused-ring (bicyclic) bond motifs is 1. The highest BCUT2D eigenvalue weighted by Crippen LogP contribution is 2.30. The quantitative estimate of drug-likeness (QED) is 0.557. The van der Waals surface area contributed by atoms with Crippen LogP contribution in [-0.4, -0.2) is 15.9 Å². The van der Waals surface area contributed by atoms with Crippen LogP contribution in [0.5, 0.6) is 0 Å². The maximum atomic E-state index is 13.0. The molecule has 128 valence electrons. The second kappa shape index (κ2) is 6.57. The number of halogens is 2. The molecule has 0 aliphatic carbocycles. The fraction of sp³-hybridized carbons (Fsp3) is 0. The molecule has 1 amide bonds. The van der Waals surface area contributed by atoms with Gasteiger partial charge in [-0.15, -0.1) is 0 Å². The van der Waals surface area contributed by atoms with Crippen LogP contribution in [0.25, 0.3) is 22.7 Å². The summed E-state index contributed by atoms with van der Waals surface area (Å²) in [6.45, 7) is 0. The summed E-state index contributed by atoms with van der Waals surface area (Å²) in [5.41, 5.74) is 2.41. The highest BCUT2D eigenvalue weighted by molar-refractivity contribution is 6.34. The van der Waals surface area contributed by atoms with Crippen molar-refractivity contribution in [3.05, 3.63) is 77.2 Å². The molecule has 0 saturated carbocycles. The molecule has 5 nitrogen and oxygen atoms in total. The molecule has 4 aromatic rings. The number of nitrogens with one attached hydrogen (secondary N) is 1. The van der Waals surface area contributed by atoms with Crippen LogP contribution >= 0.6 is 11.6 Å². The summed E-state index contributed by atoms with van der Waals surface area (Å²) < 4.78 is 18.7. The lowest BCUT2D eigenvalue weighted by Gasteiger charge is -2.08. The summed E-state index contributed by atoms with van der Waals surface area (Å²) in [4.78, 5) is 20.8. The number of anilines is 1. The molecule has 0 saturated heterocycles. The normalized spacial score (nSPS) is 10.8. The molecule has 1 N–H and O–H groups in total. The molecule has 0 spiro atoms. The highest BCUT2D eigenvalue weighted by Gasteiger charge is 2.13. The van der Waals surface area contributed by atoms with Crippen LogP contribution in [0.2, 0.25) is 5.02 Å². The van der Waals surface area contributed by atoms with Crippen molar-refractivity contribution >= 4 is 34.4 Å². The molecule has 0 unspecified atom stereocenters. The zero-order chi connectivity index (χ0) is 18.1. The molecule has 4 rings (SSSR count). The van der Waals surface area contributed by atoms with E-state index in [-0.39, 0.29) is 0 Å². The van der Waals surface area contributed by atoms with Crippen molar-refractivity contribution in [1.29, 1.82) is 0 Å². The number of nitrogens with zero attached hydrogens (tertiary/aromatic N) is 2. The molecule has 2 aromatic carbocycles. The minimum absolute atomic E-state index is 0.318. The first-order valence-electron chi connectivity index (χ1n) is 7.68. The van der Waals surface area contributed by atoms with Crippen molar-refractivity contribution in [2.75, 3.05) is 5.32 Å². The third kappa shape index (κ3) is 3.14. The molecule has 0 bridgehead atoms. The molecule has 0 aliphatic rings. The van der Waals surface area contributed by atoms with Gasteiger partial charge >= 0.3 is 0 Å². The second-order valence-corrected chi connectivity index (χ2v) is 5.91. The Hall–Kier alpha value is -3.25. The van der Waals surface area contributed by atoms with Gasteiger partial charge in [0.1, 0.15) is 5.82 Å². The number of benzene rings is 2. The van der Waals surface area contributed by atoms with E-state index in [0.29, 0.717) is 39.0 Å². The molecular formula is C19H11ClFN3O2. The van der Waals surface area contributed by atoms with Gasteiger partial charge in [0, 0.05) is 17.3 Å². The van der Waals surface area contributed by atoms with Gasteiger partial charge in [-0.2, -0.15) is 4.98 Å². The Morgan fingerprint density at radius 3 is 2.69 bits per heavy atom. The van der Waals surface area contributed by atoms with Crippen LogP contribution in [0, 0.1) is 5.82 Å². The Morgan fingerprint density at radius 1 is 1.12 bits per heavy atom. The van der Waals surface area contributed by atoms with Gasteiger partial charge in [0.2, 0.25) is 5.89 Å². The van der Waals surface area contributed by atoms with Crippen molar-refractivity contribution in [1.82, 2.24) is 9.97 Å². The van der Waals surface area contributed by atoms with Gasteiger partial charge in [0.25, 0.3) is 5.91 Å². The summed E-state index contributed by atoms with van der Waals surface area (Å²) in [5.74, 6) is -0.443. The van der Waals surface area contributed by atoms with Gasteiger partial charge in [0.05, 0.1) is 10.7 Å². The molecule has 0 atom stereocenters. The van der Waals surface area contributed by atoms with E-state index in [1.165, 1.54) is 24.3 Å². The third-order valence-electron chi connectivity index (χ3n) is 3.73. The van der Waals surface area contributed by atoms with Crippen molar-refractivity contribution < 1.29 is 13.6 Å². The monoisotopic (exact) mass is 367 g/mol. The summed E-state index contributed by atoms with van der Waals surface area (Å²) in [7, 11) is 0. The van der Waals surface area contributed by atoms with E-state index >= 15 is 0 Å². The zero-order valence-electron chi connectivity index (χ0n) is 13.2. The number of aromatic nitrogens is 2. The molecule has 0 radical (unpaired) electrons. The molecule has 2 heterocycles. The van der Waals surface area contributed by atoms with Crippen LogP contribution in [0.1, 0.15) is 10.4 Å². The predicted octanol–water partition coefficient (Wildman–Crippen LogP) is 4.93. The molecule has 26 heavy (non-hydrogen) atoms. The highest BCUT2D eigenvalue weighted by atomic mass is 35.5. The van der Waals surface area contributed by atoms with E-state index in [2.05, 4.69) is 15.3 Å². The number of hydrogen-bond donors (Lipinski definition) is 1. The number of pyridine rings is 1. The SMILES string of the molecule is O=C(Nc1cc(-c2nc3ncccc3o2)ccc1Cl)c1ccc(F)cc1. The Kier molecular flexibility index (Phi) is 4.10. The molecule has 2 aromatic heterocycles. The smallest absolute Gasteiger partial charge is 0.255 e. The number of amides is 1. The van der Waals surface area contributed by atoms with E-state index < -0.39 is 11.7 Å². The fourth-order valence-corrected chi connectivity index (χ4v) is 2.61. The number of carbonyl (C=O) groups excluding carboxylic acids is 1. The lowest BCUT2D eigenvalue weighted by Crippen LogP contribution is -2.12. The molecule has 7 heteroatoms. The van der Waals surface area contributed by atoms with Crippen molar-refractivity contribution in [2.45, 2.75) is 0 Å². The topological polar surface area (TPSA) is 68.0 Å².